The van der Waals surface area contributed by atoms with Crippen LogP contribution < -0.4 is 4.90 Å². The van der Waals surface area contributed by atoms with Crippen molar-refractivity contribution in [1.82, 2.24) is 15.0 Å². The molecular formula is C22H26N4O2. The summed E-state index contributed by atoms with van der Waals surface area (Å²) in [6.07, 6.45) is 1.91. The number of ether oxygens (including phenoxy) is 1. The van der Waals surface area contributed by atoms with Crippen molar-refractivity contribution >= 4 is 5.82 Å². The van der Waals surface area contributed by atoms with Gasteiger partial charge in [-0.25, -0.2) is 9.97 Å². The van der Waals surface area contributed by atoms with Crippen LogP contribution in [0.3, 0.4) is 0 Å². The van der Waals surface area contributed by atoms with Gasteiger partial charge in [0.2, 0.25) is 0 Å². The van der Waals surface area contributed by atoms with Crippen LogP contribution in [0.5, 0.6) is 0 Å². The Morgan fingerprint density at radius 1 is 1.07 bits per heavy atom. The van der Waals surface area contributed by atoms with Crippen LogP contribution in [-0.4, -0.2) is 46.4 Å². The highest BCUT2D eigenvalue weighted by Gasteiger charge is 2.14. The van der Waals surface area contributed by atoms with Crippen molar-refractivity contribution < 1.29 is 9.84 Å². The molecule has 3 aromatic rings. The van der Waals surface area contributed by atoms with E-state index in [9.17, 15) is 5.11 Å². The summed E-state index contributed by atoms with van der Waals surface area (Å²) in [7, 11) is 1.91. The number of aliphatic hydroxyl groups is 1. The average molecular weight is 378 g/mol. The van der Waals surface area contributed by atoms with Gasteiger partial charge < -0.3 is 14.7 Å². The van der Waals surface area contributed by atoms with Gasteiger partial charge in [0.1, 0.15) is 11.5 Å². The fourth-order valence-electron chi connectivity index (χ4n) is 2.82. The lowest BCUT2D eigenvalue weighted by molar-refractivity contribution is 0.0324. The molecule has 2 aromatic heterocycles. The maximum absolute atomic E-state index is 10.3. The zero-order chi connectivity index (χ0) is 19.8. The molecule has 0 aliphatic carbocycles. The lowest BCUT2D eigenvalue weighted by Gasteiger charge is -2.22. The molecule has 1 unspecified atom stereocenters. The molecule has 0 aliphatic heterocycles. The number of benzene rings is 1. The molecule has 0 bridgehead atoms. The summed E-state index contributed by atoms with van der Waals surface area (Å²) < 4.78 is 5.64. The van der Waals surface area contributed by atoms with Crippen LogP contribution in [0.25, 0.3) is 11.5 Å². The third-order valence-electron chi connectivity index (χ3n) is 4.32. The lowest BCUT2D eigenvalue weighted by Crippen LogP contribution is -2.32. The topological polar surface area (TPSA) is 71.4 Å². The molecule has 3 rings (SSSR count). The van der Waals surface area contributed by atoms with Crippen molar-refractivity contribution in [1.29, 1.82) is 0 Å². The number of aromatic nitrogens is 3. The monoisotopic (exact) mass is 378 g/mol. The molecule has 146 valence electrons. The van der Waals surface area contributed by atoms with E-state index in [1.165, 1.54) is 0 Å². The Hall–Kier alpha value is -2.83. The van der Waals surface area contributed by atoms with Gasteiger partial charge in [-0.2, -0.15) is 0 Å². The van der Waals surface area contributed by atoms with Gasteiger partial charge in [0, 0.05) is 31.5 Å². The number of rotatable bonds is 9. The van der Waals surface area contributed by atoms with E-state index >= 15 is 0 Å². The molecule has 0 spiro atoms. The maximum atomic E-state index is 10.3. The zero-order valence-corrected chi connectivity index (χ0v) is 16.3. The SMILES string of the molecule is CCc1cc(N(C)CC(O)COCc2ccccc2)nc(-c2ccccn2)n1. The summed E-state index contributed by atoms with van der Waals surface area (Å²) in [4.78, 5) is 15.5. The van der Waals surface area contributed by atoms with Gasteiger partial charge in [-0.15, -0.1) is 0 Å². The molecule has 1 aromatic carbocycles. The van der Waals surface area contributed by atoms with Crippen molar-refractivity contribution in [2.75, 3.05) is 25.1 Å². The summed E-state index contributed by atoms with van der Waals surface area (Å²) >= 11 is 0. The standard InChI is InChI=1S/C22H26N4O2/c1-3-18-13-21(25-22(24-18)20-11-7-8-12-23-20)26(2)14-19(27)16-28-15-17-9-5-4-6-10-17/h4-13,19,27H,3,14-16H2,1-2H3. The first kappa shape index (κ1) is 19.9. The Kier molecular flexibility index (Phi) is 7.06. The molecule has 0 saturated carbocycles. The molecule has 0 amide bonds. The first-order valence-corrected chi connectivity index (χ1v) is 9.46. The summed E-state index contributed by atoms with van der Waals surface area (Å²) in [5.74, 6) is 1.35. The van der Waals surface area contributed by atoms with E-state index in [0.29, 0.717) is 19.0 Å². The predicted molar refractivity (Wildman–Crippen MR) is 110 cm³/mol. The van der Waals surface area contributed by atoms with Gasteiger partial charge in [0.25, 0.3) is 0 Å². The largest absolute Gasteiger partial charge is 0.389 e. The van der Waals surface area contributed by atoms with E-state index in [4.69, 9.17) is 4.74 Å². The van der Waals surface area contributed by atoms with Crippen LogP contribution in [0.15, 0.2) is 60.8 Å². The summed E-state index contributed by atoms with van der Waals surface area (Å²) in [5, 5.41) is 10.3. The van der Waals surface area contributed by atoms with E-state index in [1.54, 1.807) is 6.20 Å². The molecule has 6 nitrogen and oxygen atoms in total. The van der Waals surface area contributed by atoms with Crippen molar-refractivity contribution in [2.45, 2.75) is 26.1 Å². The number of aryl methyl sites for hydroxylation is 1. The van der Waals surface area contributed by atoms with Gasteiger partial charge in [0.15, 0.2) is 5.82 Å². The normalized spacial score (nSPS) is 12.0. The zero-order valence-electron chi connectivity index (χ0n) is 16.3. The van der Waals surface area contributed by atoms with Crippen LogP contribution in [0.1, 0.15) is 18.2 Å². The van der Waals surface area contributed by atoms with Gasteiger partial charge >= 0.3 is 0 Å². The van der Waals surface area contributed by atoms with Crippen LogP contribution in [0.4, 0.5) is 5.82 Å². The molecule has 28 heavy (non-hydrogen) atoms. The Bertz CT molecular complexity index is 859. The minimum Gasteiger partial charge on any atom is -0.389 e. The second kappa shape index (κ2) is 9.92. The second-order valence-corrected chi connectivity index (χ2v) is 6.64. The predicted octanol–water partition coefficient (Wildman–Crippen LogP) is 3.11. The number of pyridine rings is 1. The third kappa shape index (κ3) is 5.58. The van der Waals surface area contributed by atoms with Crippen LogP contribution in [0.2, 0.25) is 0 Å². The van der Waals surface area contributed by atoms with E-state index < -0.39 is 6.10 Å². The minimum atomic E-state index is -0.618. The Morgan fingerprint density at radius 3 is 2.57 bits per heavy atom. The molecular weight excluding hydrogens is 352 g/mol. The van der Waals surface area contributed by atoms with Crippen LogP contribution in [0, 0.1) is 0 Å². The van der Waals surface area contributed by atoms with E-state index in [0.717, 1.165) is 29.2 Å². The maximum Gasteiger partial charge on any atom is 0.180 e. The summed E-state index contributed by atoms with van der Waals surface area (Å²) in [6.45, 7) is 3.22. The highest BCUT2D eigenvalue weighted by molar-refractivity contribution is 5.53. The summed E-state index contributed by atoms with van der Waals surface area (Å²) in [6, 6.07) is 17.6. The number of nitrogens with zero attached hydrogens (tertiary/aromatic N) is 4. The fraction of sp³-hybridized carbons (Fsp3) is 0.318. The minimum absolute atomic E-state index is 0.262. The van der Waals surface area contributed by atoms with Crippen LogP contribution >= 0.6 is 0 Å². The lowest BCUT2D eigenvalue weighted by atomic mass is 10.2. The first-order valence-electron chi connectivity index (χ1n) is 9.46. The van der Waals surface area contributed by atoms with Crippen LogP contribution in [-0.2, 0) is 17.8 Å². The molecule has 0 radical (unpaired) electrons. The van der Waals surface area contributed by atoms with Crippen molar-refractivity contribution in [3.63, 3.8) is 0 Å². The smallest absolute Gasteiger partial charge is 0.180 e. The van der Waals surface area contributed by atoms with Gasteiger partial charge in [-0.3, -0.25) is 4.98 Å². The highest BCUT2D eigenvalue weighted by atomic mass is 16.5. The highest BCUT2D eigenvalue weighted by Crippen LogP contribution is 2.18. The molecule has 6 heteroatoms. The summed E-state index contributed by atoms with van der Waals surface area (Å²) in [5.41, 5.74) is 2.76. The Morgan fingerprint density at radius 2 is 1.86 bits per heavy atom. The number of likely N-dealkylation sites (N-methyl/N-ethyl adjacent to an activating group) is 1. The van der Waals surface area contributed by atoms with E-state index in [1.807, 2.05) is 66.5 Å². The second-order valence-electron chi connectivity index (χ2n) is 6.64. The first-order chi connectivity index (χ1) is 13.7. The molecule has 0 aliphatic rings. The van der Waals surface area contributed by atoms with Gasteiger partial charge in [-0.1, -0.05) is 43.3 Å². The number of hydrogen-bond donors (Lipinski definition) is 1. The quantitative estimate of drug-likeness (QED) is 0.617. The average Bonchev–Trinajstić information content (AvgIpc) is 2.74. The molecule has 1 N–H and O–H groups in total. The Balaban J connectivity index is 1.62. The fourth-order valence-corrected chi connectivity index (χ4v) is 2.82. The Labute approximate surface area is 165 Å². The van der Waals surface area contributed by atoms with E-state index in [2.05, 4.69) is 21.9 Å². The van der Waals surface area contributed by atoms with Crippen molar-refractivity contribution in [2.24, 2.45) is 0 Å². The van der Waals surface area contributed by atoms with Crippen molar-refractivity contribution in [3.8, 4) is 11.5 Å². The van der Waals surface area contributed by atoms with Crippen molar-refractivity contribution in [3.05, 3.63) is 72.1 Å². The van der Waals surface area contributed by atoms with Gasteiger partial charge in [-0.05, 0) is 24.1 Å². The molecule has 1 atom stereocenters. The molecule has 0 fully saturated rings. The third-order valence-corrected chi connectivity index (χ3v) is 4.32. The number of aliphatic hydroxyl groups excluding tert-OH is 1. The van der Waals surface area contributed by atoms with Gasteiger partial charge in [0.05, 0.1) is 19.3 Å². The van der Waals surface area contributed by atoms with E-state index in [-0.39, 0.29) is 6.61 Å². The number of hydrogen-bond acceptors (Lipinski definition) is 6. The number of anilines is 1. The molecule has 2 heterocycles. The molecule has 0 saturated heterocycles.